The molecule has 1 heterocycles. The maximum Gasteiger partial charge on any atom is 0.193 e. The number of aryl methyl sites for hydroxylation is 1. The van der Waals surface area contributed by atoms with Crippen LogP contribution in [-0.2, 0) is 0 Å². The van der Waals surface area contributed by atoms with Gasteiger partial charge >= 0.3 is 0 Å². The third-order valence-corrected chi connectivity index (χ3v) is 3.16. The second kappa shape index (κ2) is 5.46. The lowest BCUT2D eigenvalue weighted by atomic mass is 9.99. The molecule has 0 amide bonds. The number of ether oxygens (including phenoxy) is 1. The molecule has 0 aliphatic heterocycles. The highest BCUT2D eigenvalue weighted by Crippen LogP contribution is 2.29. The highest BCUT2D eigenvalue weighted by atomic mass is 35.5. The van der Waals surface area contributed by atoms with Gasteiger partial charge in [-0.15, -0.1) is 0 Å². The first-order chi connectivity index (χ1) is 8.65. The van der Waals surface area contributed by atoms with Gasteiger partial charge in [0.2, 0.25) is 0 Å². The molecule has 0 spiro atoms. The molecule has 96 valence electrons. The van der Waals surface area contributed by atoms with Crippen molar-refractivity contribution in [2.75, 3.05) is 14.2 Å². The van der Waals surface area contributed by atoms with E-state index >= 15 is 0 Å². The van der Waals surface area contributed by atoms with E-state index in [0.29, 0.717) is 5.22 Å². The van der Waals surface area contributed by atoms with Gasteiger partial charge < -0.3 is 14.5 Å². The third kappa shape index (κ3) is 2.52. The summed E-state index contributed by atoms with van der Waals surface area (Å²) in [6.07, 6.45) is 0. The standard InChI is InChI=1S/C14H16ClNO2/c1-9-8-10(17-3)4-5-11(9)14(16-2)12-6-7-13(15)18-12/h4-8,14,16H,1-3H3. The molecule has 0 radical (unpaired) electrons. The third-order valence-electron chi connectivity index (χ3n) is 2.96. The minimum absolute atomic E-state index is 0.0107. The number of halogens is 1. The highest BCUT2D eigenvalue weighted by molar-refractivity contribution is 6.28. The maximum atomic E-state index is 5.82. The van der Waals surface area contributed by atoms with Crippen molar-refractivity contribution in [2.45, 2.75) is 13.0 Å². The zero-order valence-corrected chi connectivity index (χ0v) is 11.4. The Kier molecular flexibility index (Phi) is 3.94. The average molecular weight is 266 g/mol. The summed E-state index contributed by atoms with van der Waals surface area (Å²) in [5.41, 5.74) is 2.28. The first-order valence-corrected chi connectivity index (χ1v) is 6.10. The van der Waals surface area contributed by atoms with Crippen LogP contribution in [0.1, 0.15) is 22.9 Å². The molecule has 0 saturated heterocycles. The maximum absolute atomic E-state index is 5.82. The molecule has 1 atom stereocenters. The van der Waals surface area contributed by atoms with Crippen molar-refractivity contribution in [3.8, 4) is 5.75 Å². The normalized spacial score (nSPS) is 12.4. The molecule has 1 unspecified atom stereocenters. The molecule has 0 saturated carbocycles. The first-order valence-electron chi connectivity index (χ1n) is 5.72. The first kappa shape index (κ1) is 13.0. The van der Waals surface area contributed by atoms with Crippen LogP contribution in [0.15, 0.2) is 34.7 Å². The Morgan fingerprint density at radius 1 is 1.28 bits per heavy atom. The summed E-state index contributed by atoms with van der Waals surface area (Å²) < 4.78 is 10.7. The molecule has 1 aromatic carbocycles. The van der Waals surface area contributed by atoms with Crippen LogP contribution >= 0.6 is 11.6 Å². The van der Waals surface area contributed by atoms with Crippen LogP contribution in [0.25, 0.3) is 0 Å². The van der Waals surface area contributed by atoms with Gasteiger partial charge in [0.05, 0.1) is 13.2 Å². The van der Waals surface area contributed by atoms with E-state index < -0.39 is 0 Å². The van der Waals surface area contributed by atoms with Gasteiger partial charge in [0.1, 0.15) is 11.5 Å². The van der Waals surface area contributed by atoms with E-state index in [-0.39, 0.29) is 6.04 Å². The predicted molar refractivity (Wildman–Crippen MR) is 72.4 cm³/mol. The van der Waals surface area contributed by atoms with Crippen molar-refractivity contribution in [1.29, 1.82) is 0 Å². The van der Waals surface area contributed by atoms with Gasteiger partial charge in [-0.3, -0.25) is 0 Å². The van der Waals surface area contributed by atoms with E-state index in [1.165, 1.54) is 0 Å². The lowest BCUT2D eigenvalue weighted by molar-refractivity contribution is 0.413. The Labute approximate surface area is 112 Å². The molecule has 3 nitrogen and oxygen atoms in total. The molecule has 2 aromatic rings. The van der Waals surface area contributed by atoms with Gasteiger partial charge in [-0.2, -0.15) is 0 Å². The number of nitrogens with one attached hydrogen (secondary N) is 1. The van der Waals surface area contributed by atoms with Gasteiger partial charge in [-0.1, -0.05) is 6.07 Å². The highest BCUT2D eigenvalue weighted by Gasteiger charge is 2.18. The fourth-order valence-electron chi connectivity index (χ4n) is 2.03. The zero-order chi connectivity index (χ0) is 13.1. The van der Waals surface area contributed by atoms with Crippen LogP contribution in [0.3, 0.4) is 0 Å². The van der Waals surface area contributed by atoms with Crippen molar-refractivity contribution in [1.82, 2.24) is 5.32 Å². The Morgan fingerprint density at radius 3 is 2.56 bits per heavy atom. The molecular weight excluding hydrogens is 250 g/mol. The second-order valence-corrected chi connectivity index (χ2v) is 4.46. The molecule has 0 aliphatic rings. The lowest BCUT2D eigenvalue weighted by Crippen LogP contribution is -2.18. The van der Waals surface area contributed by atoms with Crippen molar-refractivity contribution < 1.29 is 9.15 Å². The Bertz CT molecular complexity index is 536. The summed E-state index contributed by atoms with van der Waals surface area (Å²) >= 11 is 5.82. The van der Waals surface area contributed by atoms with Crippen LogP contribution < -0.4 is 10.1 Å². The summed E-state index contributed by atoms with van der Waals surface area (Å²) in [7, 11) is 3.56. The monoisotopic (exact) mass is 265 g/mol. The summed E-state index contributed by atoms with van der Waals surface area (Å²) in [6, 6.07) is 9.60. The predicted octanol–water partition coefficient (Wildman–Crippen LogP) is 3.56. The fourth-order valence-corrected chi connectivity index (χ4v) is 2.19. The molecule has 1 aromatic heterocycles. The second-order valence-electron chi connectivity index (χ2n) is 4.09. The Balaban J connectivity index is 2.39. The zero-order valence-electron chi connectivity index (χ0n) is 10.7. The van der Waals surface area contributed by atoms with Crippen molar-refractivity contribution in [3.05, 3.63) is 52.4 Å². The topological polar surface area (TPSA) is 34.4 Å². The van der Waals surface area contributed by atoms with Crippen LogP contribution in [0.2, 0.25) is 5.22 Å². The molecule has 1 N–H and O–H groups in total. The van der Waals surface area contributed by atoms with E-state index in [0.717, 1.165) is 22.6 Å². The smallest absolute Gasteiger partial charge is 0.193 e. The van der Waals surface area contributed by atoms with Crippen LogP contribution in [0.4, 0.5) is 0 Å². The van der Waals surface area contributed by atoms with Crippen LogP contribution in [0, 0.1) is 6.92 Å². The van der Waals surface area contributed by atoms with Crippen molar-refractivity contribution >= 4 is 11.6 Å². The minimum Gasteiger partial charge on any atom is -0.497 e. The van der Waals surface area contributed by atoms with Crippen LogP contribution in [0.5, 0.6) is 5.75 Å². The van der Waals surface area contributed by atoms with Crippen LogP contribution in [-0.4, -0.2) is 14.2 Å². The van der Waals surface area contributed by atoms with Gasteiger partial charge in [-0.25, -0.2) is 0 Å². The molecule has 2 rings (SSSR count). The summed E-state index contributed by atoms with van der Waals surface area (Å²) in [5, 5.41) is 3.63. The SMILES string of the molecule is CNC(c1ccc(Cl)o1)c1ccc(OC)cc1C. The number of benzene rings is 1. The fraction of sp³-hybridized carbons (Fsp3) is 0.286. The molecule has 0 aliphatic carbocycles. The van der Waals surface area contributed by atoms with E-state index in [4.69, 9.17) is 20.8 Å². The molecule has 4 heteroatoms. The van der Waals surface area contributed by atoms with E-state index in [1.807, 2.05) is 38.2 Å². The Hall–Kier alpha value is -1.45. The quantitative estimate of drug-likeness (QED) is 0.918. The summed E-state index contributed by atoms with van der Waals surface area (Å²) in [6.45, 7) is 2.05. The lowest BCUT2D eigenvalue weighted by Gasteiger charge is -2.17. The minimum atomic E-state index is -0.0107. The number of hydrogen-bond donors (Lipinski definition) is 1. The van der Waals surface area contributed by atoms with Gasteiger partial charge in [0, 0.05) is 0 Å². The van der Waals surface area contributed by atoms with Crippen molar-refractivity contribution in [3.63, 3.8) is 0 Å². The van der Waals surface area contributed by atoms with E-state index in [1.54, 1.807) is 13.2 Å². The van der Waals surface area contributed by atoms with Gasteiger partial charge in [-0.05, 0) is 61.0 Å². The van der Waals surface area contributed by atoms with Gasteiger partial charge in [0.15, 0.2) is 5.22 Å². The number of methoxy groups -OCH3 is 1. The molecule has 0 fully saturated rings. The number of furan rings is 1. The van der Waals surface area contributed by atoms with Gasteiger partial charge in [0.25, 0.3) is 0 Å². The van der Waals surface area contributed by atoms with Crippen molar-refractivity contribution in [2.24, 2.45) is 0 Å². The largest absolute Gasteiger partial charge is 0.497 e. The number of rotatable bonds is 4. The average Bonchev–Trinajstić information content (AvgIpc) is 2.78. The summed E-state index contributed by atoms with van der Waals surface area (Å²) in [5.74, 6) is 1.65. The molecule has 0 bridgehead atoms. The molecule has 18 heavy (non-hydrogen) atoms. The summed E-state index contributed by atoms with van der Waals surface area (Å²) in [4.78, 5) is 0. The number of hydrogen-bond acceptors (Lipinski definition) is 3. The van der Waals surface area contributed by atoms with E-state index in [9.17, 15) is 0 Å². The molecular formula is C14H16ClNO2. The Morgan fingerprint density at radius 2 is 2.06 bits per heavy atom. The van der Waals surface area contributed by atoms with E-state index in [2.05, 4.69) is 5.32 Å².